The number of amides is 1. The van der Waals surface area contributed by atoms with Gasteiger partial charge in [0.05, 0.1) is 18.5 Å². The average Bonchev–Trinajstić information content (AvgIpc) is 2.46. The number of nitrogens with two attached hydrogens (primary N) is 1. The number of nitrogens with zero attached hydrogens (tertiary/aromatic N) is 1. The lowest BCUT2D eigenvalue weighted by Crippen LogP contribution is -2.36. The van der Waals surface area contributed by atoms with Crippen LogP contribution in [0.2, 0.25) is 0 Å². The smallest absolute Gasteiger partial charge is 0.375 e. The van der Waals surface area contributed by atoms with E-state index in [4.69, 9.17) is 5.73 Å². The minimum absolute atomic E-state index is 0.0596. The number of hydrogen-bond donors (Lipinski definition) is 2. The highest BCUT2D eigenvalue weighted by Gasteiger charge is 2.30. The number of alkyl halides is 3. The molecule has 4 nitrogen and oxygen atoms in total. The number of carbonyl (C=O) groups is 1. The predicted molar refractivity (Wildman–Crippen MR) is 58.5 cm³/mol. The summed E-state index contributed by atoms with van der Waals surface area (Å²) in [5, 5.41) is 4.19. The minimum Gasteiger partial charge on any atom is -0.375 e. The second-order valence-electron chi connectivity index (χ2n) is 3.64. The van der Waals surface area contributed by atoms with Gasteiger partial charge in [-0.15, -0.1) is 11.3 Å². The first-order valence-electron chi connectivity index (χ1n) is 4.82. The van der Waals surface area contributed by atoms with Crippen LogP contribution in [-0.4, -0.2) is 23.1 Å². The summed E-state index contributed by atoms with van der Waals surface area (Å²) in [6.45, 7) is 1.31. The van der Waals surface area contributed by atoms with Gasteiger partial charge in [-0.25, -0.2) is 4.98 Å². The molecule has 1 heterocycles. The summed E-state index contributed by atoms with van der Waals surface area (Å²) in [4.78, 5) is 15.2. The predicted octanol–water partition coefficient (Wildman–Crippen LogP) is 1.72. The van der Waals surface area contributed by atoms with Gasteiger partial charge in [0.25, 0.3) is 0 Å². The van der Waals surface area contributed by atoms with E-state index in [1.807, 2.05) is 0 Å². The van der Waals surface area contributed by atoms with Crippen LogP contribution in [0.3, 0.4) is 0 Å². The highest BCUT2D eigenvalue weighted by Crippen LogP contribution is 2.21. The molecule has 1 amide bonds. The summed E-state index contributed by atoms with van der Waals surface area (Å²) in [7, 11) is 0. The van der Waals surface area contributed by atoms with E-state index in [1.165, 1.54) is 18.3 Å². The van der Waals surface area contributed by atoms with Gasteiger partial charge in [0.15, 0.2) is 5.13 Å². The summed E-state index contributed by atoms with van der Waals surface area (Å²) in [5.41, 5.74) is 5.83. The molecule has 0 aromatic carbocycles. The van der Waals surface area contributed by atoms with E-state index in [-0.39, 0.29) is 6.42 Å². The third-order valence-corrected chi connectivity index (χ3v) is 2.58. The topological polar surface area (TPSA) is 68.0 Å². The molecule has 0 saturated carbocycles. The van der Waals surface area contributed by atoms with Crippen molar-refractivity contribution in [2.75, 3.05) is 5.73 Å². The molecule has 0 radical (unpaired) electrons. The molecule has 96 valence electrons. The molecule has 0 aliphatic carbocycles. The first-order valence-corrected chi connectivity index (χ1v) is 5.70. The first-order chi connectivity index (χ1) is 7.76. The molecule has 0 aliphatic heterocycles. The molecule has 1 unspecified atom stereocenters. The Kier molecular flexibility index (Phi) is 4.33. The maximum absolute atomic E-state index is 12.0. The summed E-state index contributed by atoms with van der Waals surface area (Å²) in [6, 6.07) is -0.946. The normalized spacial score (nSPS) is 13.4. The fourth-order valence-corrected chi connectivity index (χ4v) is 1.86. The van der Waals surface area contributed by atoms with Crippen molar-refractivity contribution in [2.45, 2.75) is 32.0 Å². The number of rotatable bonds is 4. The second kappa shape index (κ2) is 5.35. The molecule has 8 heteroatoms. The van der Waals surface area contributed by atoms with Crippen molar-refractivity contribution in [3.63, 3.8) is 0 Å². The number of aromatic nitrogens is 1. The Morgan fingerprint density at radius 1 is 1.65 bits per heavy atom. The van der Waals surface area contributed by atoms with Crippen molar-refractivity contribution in [2.24, 2.45) is 0 Å². The largest absolute Gasteiger partial charge is 0.391 e. The van der Waals surface area contributed by atoms with Crippen LogP contribution in [0.15, 0.2) is 5.38 Å². The van der Waals surface area contributed by atoms with Crippen LogP contribution in [0.5, 0.6) is 0 Å². The molecule has 0 bridgehead atoms. The van der Waals surface area contributed by atoms with E-state index in [9.17, 15) is 18.0 Å². The standard InChI is InChI=1S/C9H12F3N3OS/c1-5(3-9(10,11)12)14-7(16)2-6-4-17-8(13)15-6/h4-5H,2-3H2,1H3,(H2,13,15)(H,14,16). The van der Waals surface area contributed by atoms with Crippen LogP contribution in [0.25, 0.3) is 0 Å². The highest BCUT2D eigenvalue weighted by atomic mass is 32.1. The molecule has 1 aromatic heterocycles. The molecule has 1 atom stereocenters. The van der Waals surface area contributed by atoms with E-state index in [0.717, 1.165) is 0 Å². The fourth-order valence-electron chi connectivity index (χ4n) is 1.29. The Morgan fingerprint density at radius 3 is 2.76 bits per heavy atom. The molecule has 0 aliphatic rings. The van der Waals surface area contributed by atoms with Crippen LogP contribution in [-0.2, 0) is 11.2 Å². The number of carbonyl (C=O) groups excluding carboxylic acids is 1. The molecule has 3 N–H and O–H groups in total. The molecular weight excluding hydrogens is 255 g/mol. The van der Waals surface area contributed by atoms with Gasteiger partial charge < -0.3 is 11.1 Å². The first kappa shape index (κ1) is 13.8. The number of nitrogen functional groups attached to an aromatic ring is 1. The third kappa shape index (κ3) is 5.53. The quantitative estimate of drug-likeness (QED) is 0.873. The van der Waals surface area contributed by atoms with Gasteiger partial charge in [0, 0.05) is 11.4 Å². The third-order valence-electron chi connectivity index (χ3n) is 1.86. The van der Waals surface area contributed by atoms with E-state index in [2.05, 4.69) is 10.3 Å². The zero-order valence-electron chi connectivity index (χ0n) is 9.04. The SMILES string of the molecule is CC(CC(F)(F)F)NC(=O)Cc1csc(N)n1. The molecule has 0 spiro atoms. The Hall–Kier alpha value is -1.31. The number of nitrogens with one attached hydrogen (secondary N) is 1. The van der Waals surface area contributed by atoms with Gasteiger partial charge in [0.1, 0.15) is 0 Å². The van der Waals surface area contributed by atoms with Crippen molar-refractivity contribution < 1.29 is 18.0 Å². The molecule has 1 rings (SSSR count). The van der Waals surface area contributed by atoms with Crippen LogP contribution >= 0.6 is 11.3 Å². The Bertz CT molecular complexity index is 391. The van der Waals surface area contributed by atoms with E-state index < -0.39 is 24.5 Å². The maximum atomic E-state index is 12.0. The van der Waals surface area contributed by atoms with Gasteiger partial charge in [-0.3, -0.25) is 4.79 Å². The monoisotopic (exact) mass is 267 g/mol. The summed E-state index contributed by atoms with van der Waals surface area (Å²) >= 11 is 1.18. The number of anilines is 1. The van der Waals surface area contributed by atoms with Gasteiger partial charge in [-0.1, -0.05) is 0 Å². The Morgan fingerprint density at radius 2 is 2.29 bits per heavy atom. The van der Waals surface area contributed by atoms with Crippen LogP contribution in [0.4, 0.5) is 18.3 Å². The molecule has 0 fully saturated rings. The van der Waals surface area contributed by atoms with E-state index >= 15 is 0 Å². The molecule has 1 aromatic rings. The average molecular weight is 267 g/mol. The lowest BCUT2D eigenvalue weighted by atomic mass is 10.2. The van der Waals surface area contributed by atoms with Crippen LogP contribution < -0.4 is 11.1 Å². The zero-order valence-corrected chi connectivity index (χ0v) is 9.86. The minimum atomic E-state index is -4.28. The second-order valence-corrected chi connectivity index (χ2v) is 4.53. The number of thiazole rings is 1. The number of halogens is 3. The highest BCUT2D eigenvalue weighted by molar-refractivity contribution is 7.13. The van der Waals surface area contributed by atoms with Crippen molar-refractivity contribution in [1.82, 2.24) is 10.3 Å². The lowest BCUT2D eigenvalue weighted by Gasteiger charge is -2.15. The zero-order chi connectivity index (χ0) is 13.1. The van der Waals surface area contributed by atoms with Crippen molar-refractivity contribution >= 4 is 22.4 Å². The summed E-state index contributed by atoms with van der Waals surface area (Å²) < 4.78 is 36.0. The molecule has 0 saturated heterocycles. The molecule has 17 heavy (non-hydrogen) atoms. The van der Waals surface area contributed by atoms with Gasteiger partial charge >= 0.3 is 6.18 Å². The Balaban J connectivity index is 2.39. The van der Waals surface area contributed by atoms with Crippen molar-refractivity contribution in [3.05, 3.63) is 11.1 Å². The van der Waals surface area contributed by atoms with E-state index in [1.54, 1.807) is 5.38 Å². The van der Waals surface area contributed by atoms with Gasteiger partial charge in [-0.05, 0) is 6.92 Å². The lowest BCUT2D eigenvalue weighted by molar-refractivity contribution is -0.141. The van der Waals surface area contributed by atoms with Gasteiger partial charge in [0.2, 0.25) is 5.91 Å². The Labute approximate surface area is 100 Å². The van der Waals surface area contributed by atoms with Gasteiger partial charge in [-0.2, -0.15) is 13.2 Å². The number of hydrogen-bond acceptors (Lipinski definition) is 4. The fraction of sp³-hybridized carbons (Fsp3) is 0.556. The van der Waals surface area contributed by atoms with E-state index in [0.29, 0.717) is 10.8 Å². The maximum Gasteiger partial charge on any atom is 0.391 e. The molecular formula is C9H12F3N3OS. The van der Waals surface area contributed by atoms with Crippen LogP contribution in [0, 0.1) is 0 Å². The van der Waals surface area contributed by atoms with Crippen molar-refractivity contribution in [1.29, 1.82) is 0 Å². The summed E-state index contributed by atoms with van der Waals surface area (Å²) in [6.07, 6.45) is -5.38. The summed E-state index contributed by atoms with van der Waals surface area (Å²) in [5.74, 6) is -0.493. The van der Waals surface area contributed by atoms with Crippen molar-refractivity contribution in [3.8, 4) is 0 Å². The van der Waals surface area contributed by atoms with Crippen LogP contribution in [0.1, 0.15) is 19.0 Å².